The number of imidazole rings is 1. The third-order valence-corrected chi connectivity index (χ3v) is 10.8. The van der Waals surface area contributed by atoms with Crippen molar-refractivity contribution >= 4 is 5.91 Å². The third kappa shape index (κ3) is 5.62. The number of carbonyl (C=O) groups is 1. The minimum Gasteiger partial charge on any atom is -0.340 e. The van der Waals surface area contributed by atoms with E-state index in [0.717, 1.165) is 79.8 Å². The summed E-state index contributed by atoms with van der Waals surface area (Å²) >= 11 is 0. The lowest BCUT2D eigenvalue weighted by molar-refractivity contribution is -0.135. The van der Waals surface area contributed by atoms with Gasteiger partial charge in [-0.25, -0.2) is 9.37 Å². The molecule has 0 spiro atoms. The second-order valence-electron chi connectivity index (χ2n) is 13.3. The average Bonchev–Trinajstić information content (AvgIpc) is 3.43. The number of carbonyl (C=O) groups excluding carboxylic acids is 1. The Labute approximate surface area is 248 Å². The lowest BCUT2D eigenvalue weighted by Crippen LogP contribution is -2.50. The first kappa shape index (κ1) is 27.3. The van der Waals surface area contributed by atoms with Crippen LogP contribution in [0.3, 0.4) is 0 Å². The average molecular weight is 566 g/mol. The van der Waals surface area contributed by atoms with E-state index < -0.39 is 0 Å². The van der Waals surface area contributed by atoms with Crippen LogP contribution in [0.25, 0.3) is 0 Å². The molecular weight excluding hydrogens is 525 g/mol. The van der Waals surface area contributed by atoms with Gasteiger partial charge in [0.05, 0.1) is 23.7 Å². The van der Waals surface area contributed by atoms with Crippen molar-refractivity contribution in [2.24, 2.45) is 29.6 Å². The molecule has 8 rings (SSSR count). The molecule has 4 saturated carbocycles. The second-order valence-corrected chi connectivity index (χ2v) is 13.3. The van der Waals surface area contributed by atoms with Gasteiger partial charge in [0.2, 0.25) is 5.91 Å². The Bertz CT molecular complexity index is 1410. The summed E-state index contributed by atoms with van der Waals surface area (Å²) in [6.45, 7) is 4.67. The molecule has 5 aliphatic rings. The highest BCUT2D eigenvalue weighted by molar-refractivity contribution is 5.77. The zero-order chi connectivity index (χ0) is 28.6. The van der Waals surface area contributed by atoms with E-state index in [1.807, 2.05) is 48.9 Å². The fraction of sp³-hybridized carbons (Fsp3) is 0.514. The minimum absolute atomic E-state index is 0.183. The Morgan fingerprint density at radius 3 is 2.21 bits per heavy atom. The maximum atomic E-state index is 13.9. The van der Waals surface area contributed by atoms with Gasteiger partial charge in [0.1, 0.15) is 5.82 Å². The first-order chi connectivity index (χ1) is 20.5. The molecule has 1 aliphatic heterocycles. The van der Waals surface area contributed by atoms with Gasteiger partial charge < -0.3 is 9.47 Å². The number of halogens is 1. The molecule has 4 bridgehead atoms. The molecule has 42 heavy (non-hydrogen) atoms. The summed E-state index contributed by atoms with van der Waals surface area (Å²) in [5.41, 5.74) is 4.10. The Morgan fingerprint density at radius 1 is 0.905 bits per heavy atom. The maximum Gasteiger partial charge on any atom is 0.223 e. The quantitative estimate of drug-likeness (QED) is 0.345. The van der Waals surface area contributed by atoms with Crippen LogP contribution in [0.1, 0.15) is 66.8 Å². The number of nitrogens with zero attached hydrogens (tertiary/aromatic N) is 5. The molecule has 0 N–H and O–H groups in total. The SMILES string of the molecule is N#Cc1ccc(Cn2cncc2CN2CCN(C(=O)CC(c3ccc(F)cc3)C3C4CC5CC(C4)CC3C5)CC2)cc1. The molecule has 5 fully saturated rings. The van der Waals surface area contributed by atoms with E-state index >= 15 is 0 Å². The molecule has 2 aromatic carbocycles. The molecule has 1 unspecified atom stereocenters. The Hall–Kier alpha value is -3.50. The number of hydrogen-bond acceptors (Lipinski definition) is 4. The van der Waals surface area contributed by atoms with Crippen LogP contribution in [-0.4, -0.2) is 51.4 Å². The van der Waals surface area contributed by atoms with Crippen LogP contribution in [0.5, 0.6) is 0 Å². The number of hydrogen-bond donors (Lipinski definition) is 0. The third-order valence-electron chi connectivity index (χ3n) is 10.8. The summed E-state index contributed by atoms with van der Waals surface area (Å²) in [5, 5.41) is 9.06. The summed E-state index contributed by atoms with van der Waals surface area (Å²) in [5.74, 6) is 3.99. The largest absolute Gasteiger partial charge is 0.340 e. The van der Waals surface area contributed by atoms with Gasteiger partial charge in [-0.2, -0.15) is 5.26 Å². The Morgan fingerprint density at radius 2 is 1.57 bits per heavy atom. The molecule has 218 valence electrons. The van der Waals surface area contributed by atoms with Crippen LogP contribution in [0, 0.1) is 46.7 Å². The molecule has 1 aromatic heterocycles. The Balaban J connectivity index is 0.983. The minimum atomic E-state index is -0.205. The van der Waals surface area contributed by atoms with Crippen molar-refractivity contribution in [2.45, 2.75) is 57.5 Å². The second kappa shape index (κ2) is 11.6. The van der Waals surface area contributed by atoms with Gasteiger partial charge in [0.25, 0.3) is 0 Å². The smallest absolute Gasteiger partial charge is 0.223 e. The molecule has 3 aromatic rings. The highest BCUT2D eigenvalue weighted by atomic mass is 19.1. The number of rotatable bonds is 8. The first-order valence-electron chi connectivity index (χ1n) is 15.8. The van der Waals surface area contributed by atoms with Gasteiger partial charge in [-0.15, -0.1) is 0 Å². The van der Waals surface area contributed by atoms with Crippen molar-refractivity contribution in [1.29, 1.82) is 5.26 Å². The summed E-state index contributed by atoms with van der Waals surface area (Å²) in [7, 11) is 0. The normalized spacial score (nSPS) is 27.6. The topological polar surface area (TPSA) is 65.2 Å². The zero-order valence-electron chi connectivity index (χ0n) is 24.2. The molecule has 1 saturated heterocycles. The lowest BCUT2D eigenvalue weighted by Gasteiger charge is -2.56. The van der Waals surface area contributed by atoms with E-state index in [0.29, 0.717) is 17.9 Å². The van der Waals surface area contributed by atoms with Gasteiger partial charge in [0.15, 0.2) is 0 Å². The highest BCUT2D eigenvalue weighted by Gasteiger charge is 2.51. The monoisotopic (exact) mass is 565 g/mol. The predicted molar refractivity (Wildman–Crippen MR) is 159 cm³/mol. The maximum absolute atomic E-state index is 13.9. The summed E-state index contributed by atoms with van der Waals surface area (Å²) in [6, 6.07) is 16.9. The van der Waals surface area contributed by atoms with E-state index in [2.05, 4.69) is 25.4 Å². The molecule has 6 nitrogen and oxygen atoms in total. The van der Waals surface area contributed by atoms with E-state index in [1.165, 1.54) is 32.1 Å². The summed E-state index contributed by atoms with van der Waals surface area (Å²) in [6.07, 6.45) is 11.0. The van der Waals surface area contributed by atoms with Crippen LogP contribution >= 0.6 is 0 Å². The van der Waals surface area contributed by atoms with Gasteiger partial charge in [-0.3, -0.25) is 9.69 Å². The standard InChI is InChI=1S/C35H40FN5O/c36-31-7-5-28(6-8-31)33(35-29-14-26-13-27(16-29)17-30(35)15-26)18-34(42)40-11-9-39(10-12-40)22-32-20-38-23-41(32)21-25-3-1-24(19-37)2-4-25/h1-8,20,23,26-27,29-30,33,35H,9-18,21-22H2. The fourth-order valence-electron chi connectivity index (χ4n) is 9.02. The molecule has 7 heteroatoms. The van der Waals surface area contributed by atoms with Crippen LogP contribution in [-0.2, 0) is 17.9 Å². The highest BCUT2D eigenvalue weighted by Crippen LogP contribution is 2.60. The van der Waals surface area contributed by atoms with Crippen LogP contribution < -0.4 is 0 Å². The molecule has 2 heterocycles. The van der Waals surface area contributed by atoms with Crippen LogP contribution in [0.2, 0.25) is 0 Å². The zero-order valence-corrected chi connectivity index (χ0v) is 24.2. The molecule has 4 aliphatic carbocycles. The van der Waals surface area contributed by atoms with Crippen molar-refractivity contribution in [3.8, 4) is 6.07 Å². The van der Waals surface area contributed by atoms with Crippen molar-refractivity contribution in [3.63, 3.8) is 0 Å². The van der Waals surface area contributed by atoms with Crippen molar-refractivity contribution in [1.82, 2.24) is 19.4 Å². The van der Waals surface area contributed by atoms with E-state index in [4.69, 9.17) is 5.26 Å². The van der Waals surface area contributed by atoms with Crippen molar-refractivity contribution in [2.75, 3.05) is 26.2 Å². The predicted octanol–water partition coefficient (Wildman–Crippen LogP) is 5.83. The number of piperazine rings is 1. The van der Waals surface area contributed by atoms with Gasteiger partial charge >= 0.3 is 0 Å². The summed E-state index contributed by atoms with van der Waals surface area (Å²) in [4.78, 5) is 22.7. The van der Waals surface area contributed by atoms with Gasteiger partial charge in [-0.05, 0) is 103 Å². The van der Waals surface area contributed by atoms with E-state index in [1.54, 1.807) is 12.1 Å². The summed E-state index contributed by atoms with van der Waals surface area (Å²) < 4.78 is 16.0. The van der Waals surface area contributed by atoms with Crippen LogP contribution in [0.4, 0.5) is 4.39 Å². The number of amides is 1. The molecular formula is C35H40FN5O. The van der Waals surface area contributed by atoms with E-state index in [9.17, 15) is 9.18 Å². The molecule has 0 radical (unpaired) electrons. The number of benzene rings is 2. The first-order valence-corrected chi connectivity index (χ1v) is 15.8. The number of nitriles is 1. The Kier molecular flexibility index (Phi) is 7.58. The fourth-order valence-corrected chi connectivity index (χ4v) is 9.02. The van der Waals surface area contributed by atoms with Crippen molar-refractivity contribution < 1.29 is 9.18 Å². The molecule has 1 atom stereocenters. The van der Waals surface area contributed by atoms with Gasteiger partial charge in [0, 0.05) is 51.9 Å². The van der Waals surface area contributed by atoms with E-state index in [-0.39, 0.29) is 17.6 Å². The van der Waals surface area contributed by atoms with Crippen LogP contribution in [0.15, 0.2) is 61.1 Å². The molecule has 1 amide bonds. The number of aromatic nitrogens is 2. The lowest BCUT2D eigenvalue weighted by atomic mass is 9.49. The van der Waals surface area contributed by atoms with Gasteiger partial charge in [-0.1, -0.05) is 24.3 Å². The van der Waals surface area contributed by atoms with Crippen molar-refractivity contribution in [3.05, 3.63) is 89.3 Å².